The first-order valence-corrected chi connectivity index (χ1v) is 12.1. The van der Waals surface area contributed by atoms with Crippen LogP contribution in [0.25, 0.3) is 10.1 Å². The van der Waals surface area contributed by atoms with Crippen LogP contribution in [0.4, 0.5) is 23.2 Å². The van der Waals surface area contributed by atoms with Gasteiger partial charge in [-0.25, -0.2) is 9.37 Å². The molecule has 1 N–H and O–H groups in total. The number of benzene rings is 2. The number of amides is 1. The summed E-state index contributed by atoms with van der Waals surface area (Å²) in [5.74, 6) is -1.21. The lowest BCUT2D eigenvalue weighted by Gasteiger charge is -2.21. The lowest BCUT2D eigenvalue weighted by molar-refractivity contribution is -0.137. The van der Waals surface area contributed by atoms with Crippen LogP contribution in [0, 0.1) is 5.82 Å². The van der Waals surface area contributed by atoms with Crippen molar-refractivity contribution < 1.29 is 30.8 Å². The van der Waals surface area contributed by atoms with E-state index < -0.39 is 44.2 Å². The molecule has 2 aromatic carbocycles. The summed E-state index contributed by atoms with van der Waals surface area (Å²) in [6, 6.07) is 9.03. The molecule has 4 aromatic rings. The molecule has 2 heterocycles. The van der Waals surface area contributed by atoms with Crippen molar-refractivity contribution in [3.05, 3.63) is 83.4 Å². The maximum atomic E-state index is 13.4. The molecule has 0 radical (unpaired) electrons. The number of nitrogens with zero attached hydrogens (tertiary/aromatic N) is 3. The molecule has 13 heteroatoms. The highest BCUT2D eigenvalue weighted by Gasteiger charge is 2.33. The van der Waals surface area contributed by atoms with Gasteiger partial charge in [0, 0.05) is 19.8 Å². The number of fused-ring (bicyclic) bond motifs is 1. The molecular weight excluding hydrogens is 508 g/mol. The Bertz CT molecular complexity index is 1500. The molecule has 0 saturated carbocycles. The second-order valence-electron chi connectivity index (χ2n) is 7.51. The third-order valence-electron chi connectivity index (χ3n) is 5.00. The molecule has 0 aliphatic rings. The van der Waals surface area contributed by atoms with Gasteiger partial charge in [-0.2, -0.15) is 26.0 Å². The minimum Gasteiger partial charge on any atom is -0.337 e. The zero-order valence-electron chi connectivity index (χ0n) is 17.9. The molecule has 2 aromatic heterocycles. The zero-order valence-corrected chi connectivity index (χ0v) is 19.5. The molecule has 0 saturated heterocycles. The van der Waals surface area contributed by atoms with Gasteiger partial charge in [0.15, 0.2) is 5.03 Å². The third-order valence-corrected chi connectivity index (χ3v) is 7.09. The van der Waals surface area contributed by atoms with Crippen molar-refractivity contribution >= 4 is 43.2 Å². The molecule has 4 rings (SSSR count). The van der Waals surface area contributed by atoms with Crippen molar-refractivity contribution in [2.24, 2.45) is 0 Å². The normalized spacial score (nSPS) is 12.0. The summed E-state index contributed by atoms with van der Waals surface area (Å²) in [6.07, 6.45) is -2.25. The number of pyridine rings is 1. The standard InChI is InChI=1S/C22H16F4N4O3S2/c1-30(12-13-2-5-15(23)6-3-13)21(31)16-7-4-14(22(24,25)26)10-18(16)29-35(32,33)20-17-11-28-34-19(17)8-9-27-20/h2-11,29H,12H2,1H3. The number of alkyl halides is 3. The number of carbonyl (C=O) groups is 1. The van der Waals surface area contributed by atoms with Gasteiger partial charge in [0.25, 0.3) is 15.9 Å². The Kier molecular flexibility index (Phi) is 6.47. The molecule has 0 unspecified atom stereocenters. The molecule has 0 aliphatic heterocycles. The van der Waals surface area contributed by atoms with E-state index in [0.717, 1.165) is 17.6 Å². The average molecular weight is 525 g/mol. The summed E-state index contributed by atoms with van der Waals surface area (Å²) in [7, 11) is -3.10. The minimum absolute atomic E-state index is 0.00770. The van der Waals surface area contributed by atoms with Crippen molar-refractivity contribution in [1.82, 2.24) is 14.3 Å². The fourth-order valence-electron chi connectivity index (χ4n) is 3.31. The molecule has 0 spiro atoms. The summed E-state index contributed by atoms with van der Waals surface area (Å²) in [5.41, 5.74) is -1.44. The van der Waals surface area contributed by atoms with Gasteiger partial charge in [-0.1, -0.05) is 12.1 Å². The smallest absolute Gasteiger partial charge is 0.337 e. The highest BCUT2D eigenvalue weighted by atomic mass is 32.2. The van der Waals surface area contributed by atoms with Crippen LogP contribution in [0.5, 0.6) is 0 Å². The van der Waals surface area contributed by atoms with Crippen LogP contribution in [0.1, 0.15) is 21.5 Å². The van der Waals surface area contributed by atoms with Crippen molar-refractivity contribution in [2.45, 2.75) is 17.7 Å². The molecule has 35 heavy (non-hydrogen) atoms. The van der Waals surface area contributed by atoms with Gasteiger partial charge in [0.2, 0.25) is 0 Å². The highest BCUT2D eigenvalue weighted by Crippen LogP contribution is 2.34. The maximum Gasteiger partial charge on any atom is 0.416 e. The van der Waals surface area contributed by atoms with E-state index in [1.807, 2.05) is 0 Å². The molecule has 1 amide bonds. The van der Waals surface area contributed by atoms with Crippen LogP contribution < -0.4 is 4.72 Å². The topological polar surface area (TPSA) is 92.3 Å². The minimum atomic E-state index is -4.78. The number of nitrogens with one attached hydrogen (secondary N) is 1. The van der Waals surface area contributed by atoms with E-state index in [2.05, 4.69) is 14.1 Å². The number of aromatic nitrogens is 2. The van der Waals surface area contributed by atoms with Crippen LogP contribution in [-0.2, 0) is 22.7 Å². The van der Waals surface area contributed by atoms with Gasteiger partial charge in [-0.15, -0.1) is 0 Å². The fraction of sp³-hybridized carbons (Fsp3) is 0.136. The molecule has 0 fully saturated rings. The summed E-state index contributed by atoms with van der Waals surface area (Å²) in [5, 5.41) is -0.238. The molecule has 182 valence electrons. The Morgan fingerprint density at radius 1 is 1.11 bits per heavy atom. The Morgan fingerprint density at radius 2 is 1.83 bits per heavy atom. The van der Waals surface area contributed by atoms with Gasteiger partial charge in [-0.3, -0.25) is 9.52 Å². The van der Waals surface area contributed by atoms with Crippen LogP contribution in [-0.4, -0.2) is 35.6 Å². The number of rotatable bonds is 6. The second-order valence-corrected chi connectivity index (χ2v) is 9.94. The summed E-state index contributed by atoms with van der Waals surface area (Å²) in [6.45, 7) is 0.00770. The van der Waals surface area contributed by atoms with Crippen molar-refractivity contribution in [3.8, 4) is 0 Å². The predicted molar refractivity (Wildman–Crippen MR) is 122 cm³/mol. The highest BCUT2D eigenvalue weighted by molar-refractivity contribution is 7.92. The third kappa shape index (κ3) is 5.25. The lowest BCUT2D eigenvalue weighted by atomic mass is 10.1. The van der Waals surface area contributed by atoms with E-state index in [1.54, 1.807) is 6.07 Å². The van der Waals surface area contributed by atoms with E-state index in [9.17, 15) is 30.8 Å². The Morgan fingerprint density at radius 3 is 2.51 bits per heavy atom. The van der Waals surface area contributed by atoms with Crippen molar-refractivity contribution in [2.75, 3.05) is 11.8 Å². The van der Waals surface area contributed by atoms with E-state index in [0.29, 0.717) is 22.4 Å². The van der Waals surface area contributed by atoms with Gasteiger partial charge in [0.05, 0.1) is 33.1 Å². The van der Waals surface area contributed by atoms with Crippen molar-refractivity contribution in [3.63, 3.8) is 0 Å². The number of halogens is 4. The first kappa shape index (κ1) is 24.5. The Labute approximate surface area is 201 Å². The second kappa shape index (κ2) is 9.23. The fourth-order valence-corrected chi connectivity index (χ4v) is 5.22. The number of hydrogen-bond acceptors (Lipinski definition) is 6. The van der Waals surface area contributed by atoms with Crippen molar-refractivity contribution in [1.29, 1.82) is 0 Å². The van der Waals surface area contributed by atoms with E-state index >= 15 is 0 Å². The molecule has 0 bridgehead atoms. The predicted octanol–water partition coefficient (Wildman–Crippen LogP) is 4.92. The molecule has 0 atom stereocenters. The lowest BCUT2D eigenvalue weighted by Crippen LogP contribution is -2.28. The summed E-state index contributed by atoms with van der Waals surface area (Å²) in [4.78, 5) is 18.1. The zero-order chi connectivity index (χ0) is 25.4. The van der Waals surface area contributed by atoms with E-state index in [4.69, 9.17) is 0 Å². The average Bonchev–Trinajstić information content (AvgIpc) is 3.28. The van der Waals surface area contributed by atoms with Gasteiger partial charge < -0.3 is 4.90 Å². The van der Waals surface area contributed by atoms with Gasteiger partial charge in [0.1, 0.15) is 5.82 Å². The van der Waals surface area contributed by atoms with Crippen LogP contribution >= 0.6 is 11.5 Å². The Balaban J connectivity index is 1.72. The first-order valence-electron chi connectivity index (χ1n) is 9.89. The number of carbonyl (C=O) groups excluding carboxylic acids is 1. The summed E-state index contributed by atoms with van der Waals surface area (Å²) >= 11 is 1.03. The maximum absolute atomic E-state index is 13.4. The van der Waals surface area contributed by atoms with E-state index in [-0.39, 0.29) is 17.5 Å². The SMILES string of the molecule is CN(Cc1ccc(F)cc1)C(=O)c1ccc(C(F)(F)F)cc1NS(=O)(=O)c1nccc2sncc12. The summed E-state index contributed by atoms with van der Waals surface area (Å²) < 4.78 is 86.0. The van der Waals surface area contributed by atoms with Gasteiger partial charge in [-0.05, 0) is 53.5 Å². The van der Waals surface area contributed by atoms with E-state index in [1.165, 1.54) is 48.6 Å². The first-order chi connectivity index (χ1) is 16.5. The molecule has 7 nitrogen and oxygen atoms in total. The van der Waals surface area contributed by atoms with Crippen LogP contribution in [0.2, 0.25) is 0 Å². The quantitative estimate of drug-likeness (QED) is 0.362. The largest absolute Gasteiger partial charge is 0.416 e. The van der Waals surface area contributed by atoms with Crippen LogP contribution in [0.15, 0.2) is 66.0 Å². The number of sulfonamides is 1. The number of anilines is 1. The molecule has 0 aliphatic carbocycles. The van der Waals surface area contributed by atoms with Crippen LogP contribution in [0.3, 0.4) is 0 Å². The Hall–Kier alpha value is -3.58. The number of hydrogen-bond donors (Lipinski definition) is 1. The monoisotopic (exact) mass is 524 g/mol. The molecular formula is C22H16F4N4O3S2. The van der Waals surface area contributed by atoms with Gasteiger partial charge >= 0.3 is 6.18 Å².